The van der Waals surface area contributed by atoms with E-state index in [-0.39, 0.29) is 16.1 Å². The van der Waals surface area contributed by atoms with Gasteiger partial charge in [-0.05, 0) is 0 Å². The monoisotopic (exact) mass is 509 g/mol. The van der Waals surface area contributed by atoms with Gasteiger partial charge in [0.2, 0.25) is 0 Å². The molecule has 8 heteroatoms. The summed E-state index contributed by atoms with van der Waals surface area (Å²) in [6, 6.07) is 0. The van der Waals surface area contributed by atoms with Crippen molar-refractivity contribution in [3.05, 3.63) is 0 Å². The summed E-state index contributed by atoms with van der Waals surface area (Å²) in [7, 11) is 0. The molecule has 1 aliphatic rings. The average Bonchev–Trinajstić information content (AvgIpc) is 2.36. The van der Waals surface area contributed by atoms with Crippen LogP contribution in [-0.2, 0) is 49.9 Å². The van der Waals surface area contributed by atoms with E-state index in [1.807, 2.05) is 0 Å². The molecule has 0 bridgehead atoms. The summed E-state index contributed by atoms with van der Waals surface area (Å²) in [5.74, 6) is -0.833. The molecule has 0 aromatic rings. The molecule has 1 rings (SSSR count). The van der Waals surface area contributed by atoms with Gasteiger partial charge in [0.15, 0.2) is 0 Å². The number of aliphatic hydroxyl groups is 1. The molecule has 7 nitrogen and oxygen atoms in total. The van der Waals surface area contributed by atoms with Gasteiger partial charge in [0.05, 0.1) is 0 Å². The molecule has 0 aliphatic carbocycles. The van der Waals surface area contributed by atoms with Crippen molar-refractivity contribution in [1.82, 2.24) is 0 Å². The van der Waals surface area contributed by atoms with E-state index >= 15 is 0 Å². The minimum absolute atomic E-state index is 0.190. The Hall–Kier alpha value is 0.205. The van der Waals surface area contributed by atoms with Gasteiger partial charge < -0.3 is 5.11 Å². The van der Waals surface area contributed by atoms with Gasteiger partial charge in [0, 0.05) is 6.92 Å². The molecule has 0 radical (unpaired) electrons. The summed E-state index contributed by atoms with van der Waals surface area (Å²) in [5, 5.41) is 17.4. The topological polar surface area (TPSA) is 94.5 Å². The van der Waals surface area contributed by atoms with Crippen molar-refractivity contribution in [2.45, 2.75) is 29.3 Å². The van der Waals surface area contributed by atoms with Crippen LogP contribution in [0, 0.1) is 0 Å². The minimum atomic E-state index is -0.945. The van der Waals surface area contributed by atoms with Gasteiger partial charge in [-0.25, -0.2) is 0 Å². The second-order valence-corrected chi connectivity index (χ2v) is 12.7. The first-order valence-electron chi connectivity index (χ1n) is 7.23. The molecule has 0 aromatic heterocycles. The molecular formula is C14H27HgO7. The van der Waals surface area contributed by atoms with E-state index in [2.05, 4.69) is 6.92 Å². The van der Waals surface area contributed by atoms with Crippen molar-refractivity contribution in [2.24, 2.45) is 0 Å². The zero-order chi connectivity index (χ0) is 17.1. The molecule has 0 unspecified atom stereocenters. The molecule has 127 valence electrons. The normalized spacial score (nSPS) is 32.3. The standard InChI is InChI=1S/C12H23O5.C2H4O2.Hg/c1-11-7-14-3-5-16-9-12(2,13)10-17-6-4-15-8-11;1-2(3)4;/h13H,3-10H2,1-2H3;1H3,(H,3,4);. The molecule has 0 atom stereocenters. The molecular weight excluding hydrogens is 481 g/mol. The first-order chi connectivity index (χ1) is 10.1. The average molecular weight is 508 g/mol. The van der Waals surface area contributed by atoms with E-state index in [1.165, 1.54) is 0 Å². The molecule has 0 aromatic carbocycles. The van der Waals surface area contributed by atoms with Crippen LogP contribution in [0.25, 0.3) is 0 Å². The fourth-order valence-corrected chi connectivity index (χ4v) is 2.66. The Balaban J connectivity index is 0.000000980. The van der Waals surface area contributed by atoms with Crippen LogP contribution in [-0.4, -0.2) is 74.6 Å². The quantitative estimate of drug-likeness (QED) is 0.465. The van der Waals surface area contributed by atoms with E-state index in [0.717, 1.165) is 20.1 Å². The predicted molar refractivity (Wildman–Crippen MR) is 75.6 cm³/mol. The Labute approximate surface area is 148 Å². The Bertz CT molecular complexity index is 260. The molecule has 1 fully saturated rings. The molecule has 1 saturated heterocycles. The van der Waals surface area contributed by atoms with Crippen molar-refractivity contribution in [3.8, 4) is 0 Å². The number of rotatable bonds is 0. The summed E-state index contributed by atoms with van der Waals surface area (Å²) in [5.41, 5.74) is -0.945. The van der Waals surface area contributed by atoms with Gasteiger partial charge in [-0.15, -0.1) is 0 Å². The summed E-state index contributed by atoms with van der Waals surface area (Å²) >= 11 is 0.587. The molecule has 1 aliphatic heterocycles. The molecule has 0 spiro atoms. The third-order valence-corrected chi connectivity index (χ3v) is 4.06. The van der Waals surface area contributed by atoms with Crippen LogP contribution in [0.3, 0.4) is 0 Å². The fourth-order valence-electron chi connectivity index (χ4n) is 1.54. The van der Waals surface area contributed by atoms with E-state index in [1.54, 1.807) is 6.92 Å². The number of hydrogen-bond donors (Lipinski definition) is 2. The third kappa shape index (κ3) is 15.1. The third-order valence-electron chi connectivity index (χ3n) is 2.47. The molecule has 1 heterocycles. The fraction of sp³-hybridized carbons (Fsp3) is 0.929. The SMILES string of the molecule is CC(=O)O.CC1(O)COCCOC[C](C)([Hg])COCCOC1. The zero-order valence-corrected chi connectivity index (χ0v) is 19.3. The number of ether oxygens (including phenoxy) is 4. The van der Waals surface area contributed by atoms with Crippen LogP contribution >= 0.6 is 0 Å². The first-order valence-corrected chi connectivity index (χ1v) is 9.98. The van der Waals surface area contributed by atoms with Crippen molar-refractivity contribution < 1.29 is 60.1 Å². The summed E-state index contributed by atoms with van der Waals surface area (Å²) in [6.45, 7) is 9.06. The van der Waals surface area contributed by atoms with E-state index in [4.69, 9.17) is 28.8 Å². The second kappa shape index (κ2) is 11.7. The zero-order valence-electron chi connectivity index (χ0n) is 13.8. The van der Waals surface area contributed by atoms with Gasteiger partial charge in [0.25, 0.3) is 5.97 Å². The van der Waals surface area contributed by atoms with Crippen LogP contribution < -0.4 is 0 Å². The van der Waals surface area contributed by atoms with E-state index < -0.39 is 11.6 Å². The van der Waals surface area contributed by atoms with Gasteiger partial charge in [-0.3, -0.25) is 4.79 Å². The second-order valence-electron chi connectivity index (χ2n) is 6.04. The Morgan fingerprint density at radius 3 is 1.50 bits per heavy atom. The van der Waals surface area contributed by atoms with E-state index in [9.17, 15) is 5.11 Å². The molecule has 22 heavy (non-hydrogen) atoms. The maximum atomic E-state index is 9.94. The van der Waals surface area contributed by atoms with Crippen LogP contribution in [0.15, 0.2) is 0 Å². The summed E-state index contributed by atoms with van der Waals surface area (Å²) in [4.78, 5) is 9.00. The Kier molecular flexibility index (Phi) is 11.8. The Morgan fingerprint density at radius 1 is 0.909 bits per heavy atom. The number of carbonyl (C=O) groups is 1. The van der Waals surface area contributed by atoms with Crippen LogP contribution in [0.1, 0.15) is 20.8 Å². The van der Waals surface area contributed by atoms with Crippen molar-refractivity contribution in [2.75, 3.05) is 52.9 Å². The summed E-state index contributed by atoms with van der Waals surface area (Å²) < 4.78 is 22.2. The van der Waals surface area contributed by atoms with Gasteiger partial charge >= 0.3 is 125 Å². The molecule has 2 N–H and O–H groups in total. The molecule has 0 amide bonds. The van der Waals surface area contributed by atoms with Crippen LogP contribution in [0.5, 0.6) is 0 Å². The first kappa shape index (κ1) is 22.2. The number of hydrogen-bond acceptors (Lipinski definition) is 6. The van der Waals surface area contributed by atoms with Crippen molar-refractivity contribution >= 4 is 5.97 Å². The summed E-state index contributed by atoms with van der Waals surface area (Å²) in [6.07, 6.45) is 0. The van der Waals surface area contributed by atoms with Gasteiger partial charge in [0.1, 0.15) is 0 Å². The van der Waals surface area contributed by atoms with Crippen molar-refractivity contribution in [3.63, 3.8) is 0 Å². The van der Waals surface area contributed by atoms with Crippen LogP contribution in [0.2, 0.25) is 2.92 Å². The number of carboxylic acids is 1. The van der Waals surface area contributed by atoms with E-state index in [0.29, 0.717) is 52.5 Å². The van der Waals surface area contributed by atoms with Crippen LogP contribution in [0.4, 0.5) is 0 Å². The molecule has 0 saturated carbocycles. The van der Waals surface area contributed by atoms with Gasteiger partial charge in [-0.1, -0.05) is 0 Å². The van der Waals surface area contributed by atoms with Crippen molar-refractivity contribution in [1.29, 1.82) is 0 Å². The van der Waals surface area contributed by atoms with Gasteiger partial charge in [-0.2, -0.15) is 0 Å². The maximum absolute atomic E-state index is 9.94. The predicted octanol–water partition coefficient (Wildman–Crippen LogP) is 0.634. The number of aliphatic carboxylic acids is 1. The Morgan fingerprint density at radius 2 is 1.18 bits per heavy atom. The number of carboxylic acid groups (broad SMARTS) is 1.